The maximum absolute atomic E-state index is 9.75. The van der Waals surface area contributed by atoms with Crippen LogP contribution in [-0.4, -0.2) is 27.0 Å². The quantitative estimate of drug-likeness (QED) is 0.899. The van der Waals surface area contributed by atoms with Crippen LogP contribution < -0.4 is 5.32 Å². The predicted molar refractivity (Wildman–Crippen MR) is 80.5 cm³/mol. The Morgan fingerprint density at radius 3 is 2.75 bits per heavy atom. The van der Waals surface area contributed by atoms with Gasteiger partial charge in [0.05, 0.1) is 17.8 Å². The third-order valence-electron chi connectivity index (χ3n) is 4.58. The number of rotatable bonds is 4. The minimum Gasteiger partial charge on any atom is -0.394 e. The molecule has 0 bridgehead atoms. The van der Waals surface area contributed by atoms with Crippen molar-refractivity contribution in [1.29, 1.82) is 0 Å². The summed E-state index contributed by atoms with van der Waals surface area (Å²) >= 11 is 0. The highest BCUT2D eigenvalue weighted by Gasteiger charge is 2.30. The van der Waals surface area contributed by atoms with Gasteiger partial charge in [0.2, 0.25) is 0 Å². The van der Waals surface area contributed by atoms with Crippen molar-refractivity contribution in [2.45, 2.75) is 44.2 Å². The van der Waals surface area contributed by atoms with E-state index < -0.39 is 0 Å². The maximum Gasteiger partial charge on any atom is 0.0841 e. The zero-order chi connectivity index (χ0) is 14.0. The number of para-hydroxylation sites is 1. The van der Waals surface area contributed by atoms with Gasteiger partial charge in [0, 0.05) is 24.5 Å². The van der Waals surface area contributed by atoms with E-state index in [1.807, 2.05) is 17.8 Å². The van der Waals surface area contributed by atoms with Gasteiger partial charge in [-0.3, -0.25) is 4.68 Å². The summed E-state index contributed by atoms with van der Waals surface area (Å²) in [5.41, 5.74) is 2.13. The lowest BCUT2D eigenvalue weighted by molar-refractivity contribution is 0.119. The fraction of sp³-hybridized carbons (Fsp3) is 0.562. The van der Waals surface area contributed by atoms with Gasteiger partial charge in [0.1, 0.15) is 0 Å². The third-order valence-corrected chi connectivity index (χ3v) is 4.58. The van der Waals surface area contributed by atoms with Crippen LogP contribution in [0.2, 0.25) is 0 Å². The van der Waals surface area contributed by atoms with Crippen LogP contribution >= 0.6 is 0 Å². The number of benzene rings is 1. The first-order chi connectivity index (χ1) is 9.74. The van der Waals surface area contributed by atoms with Gasteiger partial charge >= 0.3 is 0 Å². The Balaban J connectivity index is 1.79. The van der Waals surface area contributed by atoms with E-state index in [4.69, 9.17) is 0 Å². The maximum atomic E-state index is 9.75. The van der Waals surface area contributed by atoms with E-state index in [9.17, 15) is 5.11 Å². The Morgan fingerprint density at radius 2 is 2.00 bits per heavy atom. The van der Waals surface area contributed by atoms with Gasteiger partial charge in [-0.25, -0.2) is 0 Å². The molecule has 1 fully saturated rings. The van der Waals surface area contributed by atoms with Crippen LogP contribution in [0.3, 0.4) is 0 Å². The molecule has 0 spiro atoms. The van der Waals surface area contributed by atoms with Gasteiger partial charge in [-0.15, -0.1) is 0 Å². The van der Waals surface area contributed by atoms with Crippen molar-refractivity contribution in [1.82, 2.24) is 15.1 Å². The van der Waals surface area contributed by atoms with Crippen LogP contribution in [0.4, 0.5) is 0 Å². The largest absolute Gasteiger partial charge is 0.394 e. The van der Waals surface area contributed by atoms with Crippen LogP contribution in [0.5, 0.6) is 0 Å². The van der Waals surface area contributed by atoms with Gasteiger partial charge in [-0.1, -0.05) is 37.5 Å². The number of hydrogen-bond acceptors (Lipinski definition) is 3. The molecule has 0 unspecified atom stereocenters. The lowest BCUT2D eigenvalue weighted by atomic mass is 9.82. The zero-order valence-electron chi connectivity index (χ0n) is 12.1. The van der Waals surface area contributed by atoms with Crippen molar-refractivity contribution in [2.75, 3.05) is 6.61 Å². The van der Waals surface area contributed by atoms with Crippen LogP contribution in [0.25, 0.3) is 10.9 Å². The van der Waals surface area contributed by atoms with Crippen LogP contribution in [-0.2, 0) is 13.6 Å². The average Bonchev–Trinajstić information content (AvgIpc) is 2.83. The molecule has 4 nitrogen and oxygen atoms in total. The lowest BCUT2D eigenvalue weighted by Gasteiger charge is -2.36. The highest BCUT2D eigenvalue weighted by Crippen LogP contribution is 2.28. The van der Waals surface area contributed by atoms with Crippen molar-refractivity contribution in [3.63, 3.8) is 0 Å². The minimum atomic E-state index is -0.100. The Hall–Kier alpha value is -1.39. The summed E-state index contributed by atoms with van der Waals surface area (Å²) in [4.78, 5) is 0. The first-order valence-corrected chi connectivity index (χ1v) is 7.51. The first kappa shape index (κ1) is 13.6. The Bertz CT molecular complexity index is 584. The monoisotopic (exact) mass is 273 g/mol. The zero-order valence-corrected chi connectivity index (χ0v) is 12.1. The summed E-state index contributed by atoms with van der Waals surface area (Å²) in [6, 6.07) is 8.30. The molecule has 1 heterocycles. The van der Waals surface area contributed by atoms with E-state index in [0.29, 0.717) is 0 Å². The summed E-state index contributed by atoms with van der Waals surface area (Å²) in [5.74, 6) is 0. The molecule has 1 aliphatic rings. The van der Waals surface area contributed by atoms with E-state index in [1.165, 1.54) is 24.6 Å². The summed E-state index contributed by atoms with van der Waals surface area (Å²) in [7, 11) is 1.98. The highest BCUT2D eigenvalue weighted by molar-refractivity contribution is 5.81. The van der Waals surface area contributed by atoms with Gasteiger partial charge in [-0.05, 0) is 18.9 Å². The van der Waals surface area contributed by atoms with Gasteiger partial charge in [0.25, 0.3) is 0 Å². The SMILES string of the molecule is Cn1nc(CNC2(CO)CCCCC2)c2ccccc21. The van der Waals surface area contributed by atoms with E-state index in [1.54, 1.807) is 0 Å². The molecule has 0 aliphatic heterocycles. The molecule has 1 aromatic carbocycles. The second-order valence-corrected chi connectivity index (χ2v) is 5.94. The molecule has 1 saturated carbocycles. The molecule has 3 rings (SSSR count). The summed E-state index contributed by atoms with van der Waals surface area (Å²) in [6.07, 6.45) is 5.82. The molecule has 0 amide bonds. The van der Waals surface area contributed by atoms with Crippen molar-refractivity contribution >= 4 is 10.9 Å². The van der Waals surface area contributed by atoms with Gasteiger partial charge < -0.3 is 10.4 Å². The molecule has 108 valence electrons. The normalized spacial score (nSPS) is 18.5. The molecular formula is C16H23N3O. The Morgan fingerprint density at radius 1 is 1.25 bits per heavy atom. The number of aryl methyl sites for hydroxylation is 1. The topological polar surface area (TPSA) is 50.1 Å². The first-order valence-electron chi connectivity index (χ1n) is 7.51. The molecule has 2 N–H and O–H groups in total. The Kier molecular flexibility index (Phi) is 3.76. The van der Waals surface area contributed by atoms with Crippen LogP contribution in [0.1, 0.15) is 37.8 Å². The fourth-order valence-corrected chi connectivity index (χ4v) is 3.31. The lowest BCUT2D eigenvalue weighted by Crippen LogP contribution is -2.49. The second kappa shape index (κ2) is 5.54. The third kappa shape index (κ3) is 2.45. The number of aliphatic hydroxyl groups excluding tert-OH is 1. The molecule has 1 aliphatic carbocycles. The summed E-state index contributed by atoms with van der Waals surface area (Å²) in [6.45, 7) is 0.944. The molecule has 0 saturated heterocycles. The molecule has 2 aromatic rings. The second-order valence-electron chi connectivity index (χ2n) is 5.94. The van der Waals surface area contributed by atoms with E-state index >= 15 is 0 Å². The minimum absolute atomic E-state index is 0.100. The summed E-state index contributed by atoms with van der Waals surface area (Å²) in [5, 5.41) is 19.1. The molecule has 0 atom stereocenters. The van der Waals surface area contributed by atoms with Crippen molar-refractivity contribution in [2.24, 2.45) is 7.05 Å². The van der Waals surface area contributed by atoms with Crippen molar-refractivity contribution < 1.29 is 5.11 Å². The van der Waals surface area contributed by atoms with Crippen molar-refractivity contribution in [3.05, 3.63) is 30.0 Å². The molecule has 4 heteroatoms. The molecule has 20 heavy (non-hydrogen) atoms. The van der Waals surface area contributed by atoms with Gasteiger partial charge in [0.15, 0.2) is 0 Å². The molecule has 0 radical (unpaired) electrons. The summed E-state index contributed by atoms with van der Waals surface area (Å²) < 4.78 is 1.93. The van der Waals surface area contributed by atoms with E-state index in [2.05, 4.69) is 28.6 Å². The Labute approximate surface area is 119 Å². The number of nitrogens with one attached hydrogen (secondary N) is 1. The molecular weight excluding hydrogens is 250 g/mol. The standard InChI is InChI=1S/C16H23N3O/c1-19-15-8-4-3-7-13(15)14(18-19)11-17-16(12-20)9-5-2-6-10-16/h3-4,7-8,17,20H,2,5-6,9-12H2,1H3. The van der Waals surface area contributed by atoms with E-state index in [0.717, 1.165) is 30.6 Å². The van der Waals surface area contributed by atoms with Gasteiger partial charge in [-0.2, -0.15) is 5.10 Å². The smallest absolute Gasteiger partial charge is 0.0841 e. The average molecular weight is 273 g/mol. The van der Waals surface area contributed by atoms with Crippen LogP contribution in [0.15, 0.2) is 24.3 Å². The number of aliphatic hydroxyl groups is 1. The van der Waals surface area contributed by atoms with Crippen LogP contribution in [0, 0.1) is 0 Å². The highest BCUT2D eigenvalue weighted by atomic mass is 16.3. The number of nitrogens with zero attached hydrogens (tertiary/aromatic N) is 2. The fourth-order valence-electron chi connectivity index (χ4n) is 3.31. The molecule has 1 aromatic heterocycles. The predicted octanol–water partition coefficient (Wildman–Crippen LogP) is 2.36. The van der Waals surface area contributed by atoms with E-state index in [-0.39, 0.29) is 12.1 Å². The number of hydrogen-bond donors (Lipinski definition) is 2. The van der Waals surface area contributed by atoms with Crippen molar-refractivity contribution in [3.8, 4) is 0 Å². The number of fused-ring (bicyclic) bond motifs is 1. The number of aromatic nitrogens is 2.